The maximum Gasteiger partial charge on any atom is 0.335 e. The maximum atomic E-state index is 11.3. The molecule has 0 aromatic rings. The van der Waals surface area contributed by atoms with Gasteiger partial charge in [-0.25, -0.2) is 4.79 Å². The fourth-order valence-electron chi connectivity index (χ4n) is 1.63. The van der Waals surface area contributed by atoms with E-state index >= 15 is 0 Å². The van der Waals surface area contributed by atoms with Crippen LogP contribution in [-0.2, 0) is 28.5 Å². The van der Waals surface area contributed by atoms with Crippen molar-refractivity contribution in [3.63, 3.8) is 0 Å². The summed E-state index contributed by atoms with van der Waals surface area (Å²) in [5.41, 5.74) is 0. The SMILES string of the molecule is COC(=O)[C@@H]1C[C@@H](O)[C@@H](OC(C)=O)[C@H](OC)O1. The van der Waals surface area contributed by atoms with Crippen molar-refractivity contribution in [2.75, 3.05) is 14.2 Å². The van der Waals surface area contributed by atoms with E-state index in [9.17, 15) is 14.7 Å². The van der Waals surface area contributed by atoms with Gasteiger partial charge in [0, 0.05) is 20.5 Å². The van der Waals surface area contributed by atoms with E-state index in [2.05, 4.69) is 4.74 Å². The van der Waals surface area contributed by atoms with Crippen LogP contribution < -0.4 is 0 Å². The number of carbonyl (C=O) groups is 2. The number of ether oxygens (including phenoxy) is 4. The van der Waals surface area contributed by atoms with E-state index in [0.29, 0.717) is 0 Å². The zero-order valence-electron chi connectivity index (χ0n) is 9.91. The van der Waals surface area contributed by atoms with Crippen molar-refractivity contribution in [2.24, 2.45) is 0 Å². The molecule has 1 aliphatic heterocycles. The smallest absolute Gasteiger partial charge is 0.335 e. The standard InChI is InChI=1S/C10H16O7/c1-5(11)16-8-6(12)4-7(9(13)14-2)17-10(8)15-3/h6-8,10,12H,4H2,1-3H3/t6-,7+,8-,10-/m1/s1. The Morgan fingerprint density at radius 3 is 2.47 bits per heavy atom. The summed E-state index contributed by atoms with van der Waals surface area (Å²) in [5.74, 6) is -1.16. The molecule has 7 heteroatoms. The number of carbonyl (C=O) groups excluding carboxylic acids is 2. The molecule has 1 rings (SSSR count). The van der Waals surface area contributed by atoms with Crippen molar-refractivity contribution in [3.8, 4) is 0 Å². The first-order valence-corrected chi connectivity index (χ1v) is 5.11. The van der Waals surface area contributed by atoms with Crippen LogP contribution in [0.1, 0.15) is 13.3 Å². The van der Waals surface area contributed by atoms with Crippen LogP contribution in [-0.4, -0.2) is 55.9 Å². The van der Waals surface area contributed by atoms with Crippen LogP contribution >= 0.6 is 0 Å². The Kier molecular flexibility index (Phi) is 4.86. The van der Waals surface area contributed by atoms with E-state index < -0.39 is 36.5 Å². The van der Waals surface area contributed by atoms with Gasteiger partial charge < -0.3 is 24.1 Å². The van der Waals surface area contributed by atoms with Gasteiger partial charge in [0.15, 0.2) is 18.5 Å². The van der Waals surface area contributed by atoms with Crippen molar-refractivity contribution in [1.82, 2.24) is 0 Å². The monoisotopic (exact) mass is 248 g/mol. The molecule has 1 N–H and O–H groups in total. The number of aliphatic hydroxyl groups is 1. The first-order valence-electron chi connectivity index (χ1n) is 5.11. The molecule has 0 radical (unpaired) electrons. The van der Waals surface area contributed by atoms with Gasteiger partial charge in [-0.3, -0.25) is 4.79 Å². The number of esters is 2. The molecule has 7 nitrogen and oxygen atoms in total. The Morgan fingerprint density at radius 2 is 2.00 bits per heavy atom. The lowest BCUT2D eigenvalue weighted by atomic mass is 10.0. The molecule has 0 aromatic carbocycles. The molecular formula is C10H16O7. The highest BCUT2D eigenvalue weighted by molar-refractivity contribution is 5.74. The summed E-state index contributed by atoms with van der Waals surface area (Å²) in [7, 11) is 2.55. The van der Waals surface area contributed by atoms with Crippen molar-refractivity contribution in [1.29, 1.82) is 0 Å². The Morgan fingerprint density at radius 1 is 1.35 bits per heavy atom. The second kappa shape index (κ2) is 5.95. The average Bonchev–Trinajstić information content (AvgIpc) is 2.29. The Hall–Kier alpha value is -1.18. The van der Waals surface area contributed by atoms with Crippen molar-refractivity contribution >= 4 is 11.9 Å². The predicted octanol–water partition coefficient (Wildman–Crippen LogP) is -0.787. The zero-order chi connectivity index (χ0) is 13.0. The number of hydrogen-bond acceptors (Lipinski definition) is 7. The first-order chi connectivity index (χ1) is 7.99. The van der Waals surface area contributed by atoms with Crippen LogP contribution in [0, 0.1) is 0 Å². The highest BCUT2D eigenvalue weighted by atomic mass is 16.7. The summed E-state index contributed by atoms with van der Waals surface area (Å²) in [4.78, 5) is 22.1. The molecule has 17 heavy (non-hydrogen) atoms. The van der Waals surface area contributed by atoms with Crippen molar-refractivity contribution in [2.45, 2.75) is 37.9 Å². The minimum atomic E-state index is -1.04. The van der Waals surface area contributed by atoms with Gasteiger partial charge in [-0.05, 0) is 0 Å². The molecule has 0 amide bonds. The molecule has 4 atom stereocenters. The molecule has 0 bridgehead atoms. The van der Waals surface area contributed by atoms with Gasteiger partial charge in [-0.2, -0.15) is 0 Å². The van der Waals surface area contributed by atoms with Crippen molar-refractivity contribution in [3.05, 3.63) is 0 Å². The van der Waals surface area contributed by atoms with Gasteiger partial charge in [0.25, 0.3) is 0 Å². The van der Waals surface area contributed by atoms with Gasteiger partial charge in [-0.15, -0.1) is 0 Å². The predicted molar refractivity (Wildman–Crippen MR) is 53.9 cm³/mol. The van der Waals surface area contributed by atoms with Crippen LogP contribution in [0.15, 0.2) is 0 Å². The molecule has 98 valence electrons. The maximum absolute atomic E-state index is 11.3. The van der Waals surface area contributed by atoms with Gasteiger partial charge in [-0.1, -0.05) is 0 Å². The molecule has 0 unspecified atom stereocenters. The van der Waals surface area contributed by atoms with Gasteiger partial charge in [0.2, 0.25) is 0 Å². The first kappa shape index (κ1) is 13.9. The third-order valence-corrected chi connectivity index (χ3v) is 2.40. The highest BCUT2D eigenvalue weighted by Crippen LogP contribution is 2.24. The lowest BCUT2D eigenvalue weighted by molar-refractivity contribution is -0.264. The number of hydrogen-bond donors (Lipinski definition) is 1. The Balaban J connectivity index is 2.72. The summed E-state index contributed by atoms with van der Waals surface area (Å²) in [6, 6.07) is 0. The zero-order valence-corrected chi connectivity index (χ0v) is 9.91. The molecule has 0 spiro atoms. The minimum Gasteiger partial charge on any atom is -0.467 e. The second-order valence-corrected chi connectivity index (χ2v) is 3.63. The van der Waals surface area contributed by atoms with Crippen LogP contribution in [0.5, 0.6) is 0 Å². The van der Waals surface area contributed by atoms with Gasteiger partial charge in [0.05, 0.1) is 13.2 Å². The van der Waals surface area contributed by atoms with E-state index in [4.69, 9.17) is 14.2 Å². The van der Waals surface area contributed by atoms with Gasteiger partial charge >= 0.3 is 11.9 Å². The fraction of sp³-hybridized carbons (Fsp3) is 0.800. The average molecular weight is 248 g/mol. The molecule has 0 aromatic heterocycles. The van der Waals surface area contributed by atoms with Crippen LogP contribution in [0.4, 0.5) is 0 Å². The van der Waals surface area contributed by atoms with Crippen molar-refractivity contribution < 1.29 is 33.6 Å². The van der Waals surface area contributed by atoms with Crippen LogP contribution in [0.3, 0.4) is 0 Å². The lowest BCUT2D eigenvalue weighted by Gasteiger charge is -2.36. The molecule has 0 saturated carbocycles. The van der Waals surface area contributed by atoms with E-state index in [1.165, 1.54) is 21.1 Å². The summed E-state index contributed by atoms with van der Waals surface area (Å²) in [5, 5.41) is 9.79. The molecule has 0 aliphatic carbocycles. The second-order valence-electron chi connectivity index (χ2n) is 3.63. The van der Waals surface area contributed by atoms with E-state index in [1.807, 2.05) is 0 Å². The van der Waals surface area contributed by atoms with Gasteiger partial charge in [0.1, 0.15) is 0 Å². The quantitative estimate of drug-likeness (QED) is 0.654. The molecule has 1 heterocycles. The normalized spacial score (nSPS) is 32.9. The summed E-state index contributed by atoms with van der Waals surface area (Å²) in [6.07, 6.45) is -3.91. The minimum absolute atomic E-state index is 0.00944. The summed E-state index contributed by atoms with van der Waals surface area (Å²) >= 11 is 0. The molecule has 1 aliphatic rings. The highest BCUT2D eigenvalue weighted by Gasteiger charge is 2.43. The fourth-order valence-corrected chi connectivity index (χ4v) is 1.63. The van der Waals surface area contributed by atoms with Crippen LogP contribution in [0.2, 0.25) is 0 Å². The topological polar surface area (TPSA) is 91.3 Å². The van der Waals surface area contributed by atoms with E-state index in [1.54, 1.807) is 0 Å². The third kappa shape index (κ3) is 3.39. The third-order valence-electron chi connectivity index (χ3n) is 2.40. The molecule has 1 fully saturated rings. The van der Waals surface area contributed by atoms with Crippen LogP contribution in [0.25, 0.3) is 0 Å². The summed E-state index contributed by atoms with van der Waals surface area (Å²) in [6.45, 7) is 1.21. The lowest BCUT2D eigenvalue weighted by Crippen LogP contribution is -2.53. The molecular weight excluding hydrogens is 232 g/mol. The van der Waals surface area contributed by atoms with E-state index in [0.717, 1.165) is 0 Å². The Labute approximate surface area is 98.6 Å². The summed E-state index contributed by atoms with van der Waals surface area (Å²) < 4.78 is 19.6. The number of rotatable bonds is 3. The largest absolute Gasteiger partial charge is 0.467 e. The number of aliphatic hydroxyl groups excluding tert-OH is 1. The Bertz CT molecular complexity index is 290. The van der Waals surface area contributed by atoms with E-state index in [-0.39, 0.29) is 6.42 Å². The molecule has 1 saturated heterocycles. The number of methoxy groups -OCH3 is 2.